The molecule has 1 heterocycles. The summed E-state index contributed by atoms with van der Waals surface area (Å²) in [7, 11) is 0. The molecule has 0 saturated heterocycles. The molecule has 0 spiro atoms. The van der Waals surface area contributed by atoms with Crippen LogP contribution in [-0.4, -0.2) is 22.8 Å². The normalized spacial score (nSPS) is 11.5. The summed E-state index contributed by atoms with van der Waals surface area (Å²) in [6.45, 7) is 1.79. The smallest absolute Gasteiger partial charge is 0.251 e. The van der Waals surface area contributed by atoms with Crippen LogP contribution in [0.25, 0.3) is 0 Å². The first-order valence-corrected chi connectivity index (χ1v) is 6.72. The highest BCUT2D eigenvalue weighted by Gasteiger charge is 2.13. The second-order valence-corrected chi connectivity index (χ2v) is 4.71. The standard InChI is InChI=1S/C16H17N3O2/c1-12(18-16(21)13-7-3-2-4-8-13)11-15(20)19-14-9-5-6-10-17-14/h2-10,12H,11H2,1H3,(H,18,21)(H,17,19,20)/t12-/m1/s1. The van der Waals surface area contributed by atoms with Crippen LogP contribution >= 0.6 is 0 Å². The Bertz CT molecular complexity index is 599. The third-order valence-electron chi connectivity index (χ3n) is 2.84. The van der Waals surface area contributed by atoms with Gasteiger partial charge in [0, 0.05) is 24.2 Å². The molecule has 0 aliphatic rings. The fourth-order valence-corrected chi connectivity index (χ4v) is 1.86. The fraction of sp³-hybridized carbons (Fsp3) is 0.188. The number of carbonyl (C=O) groups excluding carboxylic acids is 2. The number of nitrogens with zero attached hydrogens (tertiary/aromatic N) is 1. The minimum Gasteiger partial charge on any atom is -0.349 e. The van der Waals surface area contributed by atoms with E-state index in [0.29, 0.717) is 11.4 Å². The van der Waals surface area contributed by atoms with Crippen LogP contribution in [0.2, 0.25) is 0 Å². The Balaban J connectivity index is 1.83. The van der Waals surface area contributed by atoms with Crippen LogP contribution in [0.1, 0.15) is 23.7 Å². The van der Waals surface area contributed by atoms with Crippen molar-refractivity contribution in [1.29, 1.82) is 0 Å². The highest BCUT2D eigenvalue weighted by molar-refractivity contribution is 5.95. The van der Waals surface area contributed by atoms with E-state index in [9.17, 15) is 9.59 Å². The van der Waals surface area contributed by atoms with Gasteiger partial charge in [-0.2, -0.15) is 0 Å². The summed E-state index contributed by atoms with van der Waals surface area (Å²) < 4.78 is 0. The van der Waals surface area contributed by atoms with E-state index in [1.54, 1.807) is 55.6 Å². The van der Waals surface area contributed by atoms with Crippen LogP contribution < -0.4 is 10.6 Å². The quantitative estimate of drug-likeness (QED) is 0.884. The zero-order valence-corrected chi connectivity index (χ0v) is 11.7. The first-order valence-electron chi connectivity index (χ1n) is 6.72. The Hall–Kier alpha value is -2.69. The van der Waals surface area contributed by atoms with Crippen molar-refractivity contribution in [3.05, 3.63) is 60.3 Å². The number of benzene rings is 1. The average molecular weight is 283 g/mol. The molecule has 108 valence electrons. The van der Waals surface area contributed by atoms with Crippen molar-refractivity contribution >= 4 is 17.6 Å². The van der Waals surface area contributed by atoms with Crippen LogP contribution in [0.3, 0.4) is 0 Å². The van der Waals surface area contributed by atoms with Gasteiger partial charge in [-0.1, -0.05) is 24.3 Å². The number of anilines is 1. The predicted octanol–water partition coefficient (Wildman–Crippen LogP) is 2.23. The lowest BCUT2D eigenvalue weighted by molar-refractivity contribution is -0.116. The summed E-state index contributed by atoms with van der Waals surface area (Å²) in [6.07, 6.45) is 1.80. The molecule has 21 heavy (non-hydrogen) atoms. The molecule has 0 aliphatic heterocycles. The topological polar surface area (TPSA) is 71.1 Å². The first-order chi connectivity index (χ1) is 10.1. The number of hydrogen-bond donors (Lipinski definition) is 2. The third kappa shape index (κ3) is 4.72. The Morgan fingerprint density at radius 3 is 2.48 bits per heavy atom. The molecule has 2 rings (SSSR count). The molecule has 0 unspecified atom stereocenters. The van der Waals surface area contributed by atoms with Gasteiger partial charge in [0.05, 0.1) is 0 Å². The number of carbonyl (C=O) groups is 2. The SMILES string of the molecule is C[C@H](CC(=O)Nc1ccccn1)NC(=O)c1ccccc1. The first kappa shape index (κ1) is 14.7. The Labute approximate surface area is 123 Å². The molecule has 1 aromatic carbocycles. The maximum absolute atomic E-state index is 11.9. The lowest BCUT2D eigenvalue weighted by Gasteiger charge is -2.13. The largest absolute Gasteiger partial charge is 0.349 e. The third-order valence-corrected chi connectivity index (χ3v) is 2.84. The Morgan fingerprint density at radius 1 is 1.10 bits per heavy atom. The monoisotopic (exact) mass is 283 g/mol. The van der Waals surface area contributed by atoms with E-state index in [1.165, 1.54) is 0 Å². The maximum Gasteiger partial charge on any atom is 0.251 e. The van der Waals surface area contributed by atoms with E-state index in [1.807, 2.05) is 6.07 Å². The predicted molar refractivity (Wildman–Crippen MR) is 80.9 cm³/mol. The molecule has 1 atom stereocenters. The van der Waals surface area contributed by atoms with Gasteiger partial charge in [-0.25, -0.2) is 4.98 Å². The molecule has 0 aliphatic carbocycles. The molecular formula is C16H17N3O2. The molecule has 2 N–H and O–H groups in total. The van der Waals surface area contributed by atoms with E-state index < -0.39 is 0 Å². The molecule has 0 saturated carbocycles. The molecular weight excluding hydrogens is 266 g/mol. The zero-order chi connectivity index (χ0) is 15.1. The zero-order valence-electron chi connectivity index (χ0n) is 11.7. The van der Waals surface area contributed by atoms with E-state index >= 15 is 0 Å². The lowest BCUT2D eigenvalue weighted by atomic mass is 10.1. The summed E-state index contributed by atoms with van der Waals surface area (Å²) in [6, 6.07) is 13.9. The lowest BCUT2D eigenvalue weighted by Crippen LogP contribution is -2.35. The van der Waals surface area contributed by atoms with Crippen LogP contribution in [-0.2, 0) is 4.79 Å². The van der Waals surface area contributed by atoms with Crippen molar-refractivity contribution in [3.8, 4) is 0 Å². The van der Waals surface area contributed by atoms with Crippen molar-refractivity contribution < 1.29 is 9.59 Å². The van der Waals surface area contributed by atoms with E-state index in [2.05, 4.69) is 15.6 Å². The number of rotatable bonds is 5. The second-order valence-electron chi connectivity index (χ2n) is 4.71. The van der Waals surface area contributed by atoms with E-state index in [4.69, 9.17) is 0 Å². The maximum atomic E-state index is 11.9. The molecule has 0 fully saturated rings. The van der Waals surface area contributed by atoms with Gasteiger partial charge < -0.3 is 10.6 Å². The summed E-state index contributed by atoms with van der Waals surface area (Å²) in [4.78, 5) is 27.8. The molecule has 0 bridgehead atoms. The summed E-state index contributed by atoms with van der Waals surface area (Å²) in [5, 5.41) is 5.48. The summed E-state index contributed by atoms with van der Waals surface area (Å²) in [5.74, 6) is 0.132. The van der Waals surface area contributed by atoms with Gasteiger partial charge in [0.15, 0.2) is 0 Å². The number of hydrogen-bond acceptors (Lipinski definition) is 3. The second kappa shape index (κ2) is 7.19. The number of aromatic nitrogens is 1. The Morgan fingerprint density at radius 2 is 1.81 bits per heavy atom. The number of pyridine rings is 1. The highest BCUT2D eigenvalue weighted by Crippen LogP contribution is 2.03. The Kier molecular flexibility index (Phi) is 5.04. The minimum absolute atomic E-state index is 0.186. The van der Waals surface area contributed by atoms with E-state index in [0.717, 1.165) is 0 Å². The fourth-order valence-electron chi connectivity index (χ4n) is 1.86. The van der Waals surface area contributed by atoms with Gasteiger partial charge in [-0.3, -0.25) is 9.59 Å². The molecule has 0 radical (unpaired) electrons. The van der Waals surface area contributed by atoms with Gasteiger partial charge in [-0.15, -0.1) is 0 Å². The molecule has 5 nitrogen and oxygen atoms in total. The van der Waals surface area contributed by atoms with Gasteiger partial charge in [-0.05, 0) is 31.2 Å². The van der Waals surface area contributed by atoms with Crippen molar-refractivity contribution in [2.75, 3.05) is 5.32 Å². The van der Waals surface area contributed by atoms with Gasteiger partial charge in [0.2, 0.25) is 5.91 Å². The van der Waals surface area contributed by atoms with Crippen molar-refractivity contribution in [1.82, 2.24) is 10.3 Å². The molecule has 5 heteroatoms. The van der Waals surface area contributed by atoms with Crippen LogP contribution in [0.4, 0.5) is 5.82 Å². The highest BCUT2D eigenvalue weighted by atomic mass is 16.2. The van der Waals surface area contributed by atoms with Crippen LogP contribution in [0, 0.1) is 0 Å². The van der Waals surface area contributed by atoms with E-state index in [-0.39, 0.29) is 24.3 Å². The number of nitrogens with one attached hydrogen (secondary N) is 2. The molecule has 2 amide bonds. The summed E-state index contributed by atoms with van der Waals surface area (Å²) >= 11 is 0. The summed E-state index contributed by atoms with van der Waals surface area (Å²) in [5.41, 5.74) is 0.578. The van der Waals surface area contributed by atoms with Gasteiger partial charge in [0.1, 0.15) is 5.82 Å². The van der Waals surface area contributed by atoms with Crippen molar-refractivity contribution in [3.63, 3.8) is 0 Å². The molecule has 2 aromatic rings. The minimum atomic E-state index is -0.263. The van der Waals surface area contributed by atoms with Crippen molar-refractivity contribution in [2.45, 2.75) is 19.4 Å². The average Bonchev–Trinajstić information content (AvgIpc) is 2.48. The van der Waals surface area contributed by atoms with Gasteiger partial charge >= 0.3 is 0 Å². The van der Waals surface area contributed by atoms with Crippen molar-refractivity contribution in [2.24, 2.45) is 0 Å². The van der Waals surface area contributed by atoms with Gasteiger partial charge in [0.25, 0.3) is 5.91 Å². The van der Waals surface area contributed by atoms with Crippen LogP contribution in [0.15, 0.2) is 54.7 Å². The molecule has 1 aromatic heterocycles. The van der Waals surface area contributed by atoms with Crippen LogP contribution in [0.5, 0.6) is 0 Å². The number of amides is 2.